The molecule has 5 rings (SSSR count). The van der Waals surface area contributed by atoms with Crippen LogP contribution in [0.1, 0.15) is 63.5 Å². The maximum atomic E-state index is 11.3. The second-order valence-electron chi connectivity index (χ2n) is 9.95. The van der Waals surface area contributed by atoms with Gasteiger partial charge in [-0.3, -0.25) is 4.79 Å². The van der Waals surface area contributed by atoms with Gasteiger partial charge in [-0.25, -0.2) is 0 Å². The number of nitrogens with zero attached hydrogens (tertiary/aromatic N) is 1. The van der Waals surface area contributed by atoms with Crippen LogP contribution in [0, 0.1) is 16.7 Å². The predicted molar refractivity (Wildman–Crippen MR) is 102 cm³/mol. The Morgan fingerprint density at radius 2 is 1.73 bits per heavy atom. The molecule has 26 heavy (non-hydrogen) atoms. The molecule has 0 aromatic heterocycles. The summed E-state index contributed by atoms with van der Waals surface area (Å²) in [5.74, 6) is 0.244. The van der Waals surface area contributed by atoms with Crippen molar-refractivity contribution < 1.29 is 10.0 Å². The third kappa shape index (κ3) is 2.89. The Morgan fingerprint density at radius 1 is 1.15 bits per heavy atom. The summed E-state index contributed by atoms with van der Waals surface area (Å²) in [6.45, 7) is 9.08. The van der Waals surface area contributed by atoms with Crippen LogP contribution in [0.5, 0.6) is 0 Å². The fraction of sp³-hybridized carbons (Fsp3) is 0.591. The summed E-state index contributed by atoms with van der Waals surface area (Å²) >= 11 is 0. The van der Waals surface area contributed by atoms with Gasteiger partial charge < -0.3 is 10.9 Å². The molecule has 4 aliphatic rings. The van der Waals surface area contributed by atoms with Crippen molar-refractivity contribution in [3.63, 3.8) is 0 Å². The van der Waals surface area contributed by atoms with Gasteiger partial charge in [0.1, 0.15) is 0 Å². The largest absolute Gasteiger partial charge is 0.366 e. The van der Waals surface area contributed by atoms with Crippen molar-refractivity contribution in [2.24, 2.45) is 22.5 Å². The number of carbonyl (C=O) groups is 1. The van der Waals surface area contributed by atoms with Crippen LogP contribution in [0.3, 0.4) is 0 Å². The number of nitrogens with two attached hydrogens (primary N) is 1. The van der Waals surface area contributed by atoms with E-state index in [2.05, 4.69) is 20.4 Å². The summed E-state index contributed by atoms with van der Waals surface area (Å²) in [5.41, 5.74) is 8.05. The molecule has 1 amide bonds. The van der Waals surface area contributed by atoms with Gasteiger partial charge in [0.15, 0.2) is 0 Å². The average Bonchev–Trinajstić information content (AvgIpc) is 2.51. The van der Waals surface area contributed by atoms with Gasteiger partial charge in [-0.2, -0.15) is 5.06 Å². The first kappa shape index (κ1) is 17.7. The molecule has 2 unspecified atom stereocenters. The topological polar surface area (TPSA) is 66.6 Å². The van der Waals surface area contributed by atoms with E-state index in [1.54, 1.807) is 5.06 Å². The molecule has 1 aromatic rings. The number of hydroxylamine groups is 2. The molecule has 3 N–H and O–H groups in total. The summed E-state index contributed by atoms with van der Waals surface area (Å²) in [6.07, 6.45) is 7.25. The van der Waals surface area contributed by atoms with Crippen LogP contribution in [-0.2, 0) is 11.3 Å². The zero-order chi connectivity index (χ0) is 18.7. The molecule has 4 saturated carbocycles. The maximum Gasteiger partial charge on any atom is 0.248 e. The highest BCUT2D eigenvalue weighted by Crippen LogP contribution is 2.67. The van der Waals surface area contributed by atoms with Crippen molar-refractivity contribution in [2.75, 3.05) is 0 Å². The normalized spacial score (nSPS) is 37.9. The van der Waals surface area contributed by atoms with E-state index >= 15 is 0 Å². The van der Waals surface area contributed by atoms with E-state index in [1.807, 2.05) is 24.3 Å². The molecule has 2 atom stereocenters. The van der Waals surface area contributed by atoms with E-state index in [1.165, 1.54) is 19.3 Å². The summed E-state index contributed by atoms with van der Waals surface area (Å²) in [7, 11) is 0. The lowest BCUT2D eigenvalue weighted by molar-refractivity contribution is -0.262. The lowest BCUT2D eigenvalue weighted by Gasteiger charge is -2.66. The van der Waals surface area contributed by atoms with Crippen LogP contribution >= 0.6 is 0 Å². The fourth-order valence-electron chi connectivity index (χ4n) is 6.97. The Labute approximate surface area is 156 Å². The smallest absolute Gasteiger partial charge is 0.248 e. The summed E-state index contributed by atoms with van der Waals surface area (Å²) in [4.78, 5) is 11.3. The van der Waals surface area contributed by atoms with Crippen molar-refractivity contribution in [1.82, 2.24) is 5.06 Å². The quantitative estimate of drug-likeness (QED) is 0.617. The first-order chi connectivity index (χ1) is 12.1. The minimum atomic E-state index is -0.503. The molecular formula is C22H30N2O2. The summed E-state index contributed by atoms with van der Waals surface area (Å²) < 4.78 is 0. The van der Waals surface area contributed by atoms with E-state index in [-0.39, 0.29) is 5.54 Å². The standard InChI is InChI=1S/C22H30N2O2/c1-15(19(23)25)18-6-4-16(5-7-18)11-24(26)22-10-17-8-20(2,13-22)12-21(3,9-17)14-22/h4-7,17,26H,1,8-14H2,2-3H3,(H2,23,25). The van der Waals surface area contributed by atoms with Crippen molar-refractivity contribution in [3.05, 3.63) is 42.0 Å². The number of primary amides is 1. The lowest BCUT2D eigenvalue weighted by atomic mass is 9.42. The van der Waals surface area contributed by atoms with Crippen LogP contribution in [0.15, 0.2) is 30.8 Å². The van der Waals surface area contributed by atoms with Crippen LogP contribution in [0.4, 0.5) is 0 Å². The monoisotopic (exact) mass is 354 g/mol. The third-order valence-electron chi connectivity index (χ3n) is 7.08. The van der Waals surface area contributed by atoms with Gasteiger partial charge in [0.05, 0.1) is 0 Å². The van der Waals surface area contributed by atoms with Crippen molar-refractivity contribution in [3.8, 4) is 0 Å². The van der Waals surface area contributed by atoms with E-state index < -0.39 is 5.91 Å². The van der Waals surface area contributed by atoms with E-state index in [4.69, 9.17) is 5.73 Å². The molecular weight excluding hydrogens is 324 g/mol. The minimum Gasteiger partial charge on any atom is -0.366 e. The van der Waals surface area contributed by atoms with Gasteiger partial charge in [0, 0.05) is 17.7 Å². The highest BCUT2D eigenvalue weighted by atomic mass is 16.5. The fourth-order valence-corrected chi connectivity index (χ4v) is 6.97. The number of benzene rings is 1. The molecule has 0 saturated heterocycles. The molecule has 140 valence electrons. The predicted octanol–water partition coefficient (Wildman–Crippen LogP) is 4.13. The molecule has 4 heteroatoms. The highest BCUT2D eigenvalue weighted by molar-refractivity contribution is 6.17. The van der Waals surface area contributed by atoms with Crippen LogP contribution in [0.25, 0.3) is 5.57 Å². The molecule has 1 aromatic carbocycles. The Morgan fingerprint density at radius 3 is 2.23 bits per heavy atom. The molecule has 0 heterocycles. The van der Waals surface area contributed by atoms with Gasteiger partial charge in [-0.05, 0) is 66.4 Å². The van der Waals surface area contributed by atoms with Gasteiger partial charge in [0.25, 0.3) is 0 Å². The van der Waals surface area contributed by atoms with E-state index in [9.17, 15) is 10.0 Å². The second kappa shape index (κ2) is 5.67. The minimum absolute atomic E-state index is 0.0849. The molecule has 0 radical (unpaired) electrons. The first-order valence-electron chi connectivity index (χ1n) is 9.67. The number of hydrogen-bond donors (Lipinski definition) is 2. The number of carbonyl (C=O) groups excluding carboxylic acids is 1. The second-order valence-corrected chi connectivity index (χ2v) is 9.95. The number of amides is 1. The molecule has 4 nitrogen and oxygen atoms in total. The Kier molecular flexibility index (Phi) is 3.87. The van der Waals surface area contributed by atoms with Crippen LogP contribution in [0.2, 0.25) is 0 Å². The SMILES string of the molecule is C=C(C(N)=O)c1ccc(CN(O)C23CC4CC(C)(CC(C)(C4)C2)C3)cc1. The van der Waals surface area contributed by atoms with Gasteiger partial charge >= 0.3 is 0 Å². The third-order valence-corrected chi connectivity index (χ3v) is 7.08. The Bertz CT molecular complexity index is 736. The molecule has 4 aliphatic carbocycles. The maximum absolute atomic E-state index is 11.3. The summed E-state index contributed by atoms with van der Waals surface area (Å²) in [6, 6.07) is 7.63. The summed E-state index contributed by atoms with van der Waals surface area (Å²) in [5, 5.41) is 12.7. The van der Waals surface area contributed by atoms with E-state index in [0.717, 1.165) is 36.3 Å². The van der Waals surface area contributed by atoms with Crippen LogP contribution < -0.4 is 5.73 Å². The van der Waals surface area contributed by atoms with Gasteiger partial charge in [-0.15, -0.1) is 0 Å². The van der Waals surface area contributed by atoms with Crippen molar-refractivity contribution >= 4 is 11.5 Å². The Hall–Kier alpha value is -1.65. The average molecular weight is 354 g/mol. The lowest BCUT2D eigenvalue weighted by Crippen LogP contribution is -2.64. The van der Waals surface area contributed by atoms with Gasteiger partial charge in [-0.1, -0.05) is 44.7 Å². The molecule has 0 aliphatic heterocycles. The number of hydrogen-bond acceptors (Lipinski definition) is 3. The Balaban J connectivity index is 1.52. The van der Waals surface area contributed by atoms with E-state index in [0.29, 0.717) is 22.9 Å². The zero-order valence-corrected chi connectivity index (χ0v) is 15.9. The number of rotatable bonds is 5. The van der Waals surface area contributed by atoms with Gasteiger partial charge in [0.2, 0.25) is 5.91 Å². The van der Waals surface area contributed by atoms with Crippen LogP contribution in [-0.4, -0.2) is 21.7 Å². The van der Waals surface area contributed by atoms with Crippen molar-refractivity contribution in [1.29, 1.82) is 0 Å². The first-order valence-corrected chi connectivity index (χ1v) is 9.67. The zero-order valence-electron chi connectivity index (χ0n) is 15.9. The molecule has 0 spiro atoms. The van der Waals surface area contributed by atoms with Crippen molar-refractivity contribution in [2.45, 2.75) is 64.5 Å². The molecule has 4 bridgehead atoms. The highest BCUT2D eigenvalue weighted by Gasteiger charge is 2.61. The molecule has 4 fully saturated rings.